The van der Waals surface area contributed by atoms with Crippen molar-refractivity contribution in [3.8, 4) is 0 Å². The van der Waals surface area contributed by atoms with Gasteiger partial charge in [-0.3, -0.25) is 0 Å². The van der Waals surface area contributed by atoms with Crippen molar-refractivity contribution in [1.82, 2.24) is 4.90 Å². The molecule has 0 unspecified atom stereocenters. The summed E-state index contributed by atoms with van der Waals surface area (Å²) in [4.78, 5) is 16.5. The maximum absolute atomic E-state index is 10.5. The second-order valence-electron chi connectivity index (χ2n) is 3.12. The molecule has 1 saturated carbocycles. The summed E-state index contributed by atoms with van der Waals surface area (Å²) < 4.78 is 0. The minimum atomic E-state index is -0.891. The molecule has 1 amide bonds. The molecule has 0 saturated heterocycles. The molecule has 5 nitrogen and oxygen atoms in total. The molecule has 70 valence electrons. The molecular formula is C7H14N2O3. The molecule has 0 aromatic carbocycles. The van der Waals surface area contributed by atoms with Gasteiger partial charge in [0.1, 0.15) is 0 Å². The molecule has 1 aliphatic carbocycles. The zero-order valence-corrected chi connectivity index (χ0v) is 7.06. The Hall–Kier alpha value is -0.810. The summed E-state index contributed by atoms with van der Waals surface area (Å²) in [5, 5.41) is 8.66. The summed E-state index contributed by atoms with van der Waals surface area (Å²) in [6.07, 6.45) is 1.53. The highest BCUT2D eigenvalue weighted by molar-refractivity contribution is 5.65. The maximum atomic E-state index is 10.5. The number of amides is 1. The van der Waals surface area contributed by atoms with Crippen LogP contribution in [-0.4, -0.2) is 35.3 Å². The first-order chi connectivity index (χ1) is 5.65. The predicted molar refractivity (Wildman–Crippen MR) is 42.5 cm³/mol. The Labute approximate surface area is 71.0 Å². The van der Waals surface area contributed by atoms with E-state index in [-0.39, 0.29) is 12.1 Å². The Morgan fingerprint density at radius 1 is 1.67 bits per heavy atom. The number of carbonyl (C=O) groups is 1. The summed E-state index contributed by atoms with van der Waals surface area (Å²) in [5.41, 5.74) is 0. The topological polar surface area (TPSA) is 75.8 Å². The fourth-order valence-corrected chi connectivity index (χ4v) is 1.55. The van der Waals surface area contributed by atoms with Crippen LogP contribution in [0.4, 0.5) is 4.79 Å². The molecule has 1 fully saturated rings. The lowest BCUT2D eigenvalue weighted by molar-refractivity contribution is 0.0529. The fraction of sp³-hybridized carbons (Fsp3) is 0.857. The lowest BCUT2D eigenvalue weighted by Crippen LogP contribution is -2.34. The molecule has 0 heterocycles. The van der Waals surface area contributed by atoms with Crippen molar-refractivity contribution in [2.75, 3.05) is 7.05 Å². The quantitative estimate of drug-likeness (QED) is 0.594. The summed E-state index contributed by atoms with van der Waals surface area (Å²) >= 11 is 0. The molecule has 0 aromatic heterocycles. The first-order valence-corrected chi connectivity index (χ1v) is 3.96. The van der Waals surface area contributed by atoms with Crippen LogP contribution < -0.4 is 5.90 Å². The molecule has 0 spiro atoms. The van der Waals surface area contributed by atoms with Gasteiger partial charge in [0.25, 0.3) is 0 Å². The molecule has 1 aliphatic rings. The van der Waals surface area contributed by atoms with Gasteiger partial charge in [-0.1, -0.05) is 0 Å². The Kier molecular flexibility index (Phi) is 2.88. The molecule has 2 atom stereocenters. The van der Waals surface area contributed by atoms with Crippen LogP contribution in [0.5, 0.6) is 0 Å². The van der Waals surface area contributed by atoms with Crippen molar-refractivity contribution >= 4 is 6.09 Å². The van der Waals surface area contributed by atoms with Gasteiger partial charge in [0, 0.05) is 13.1 Å². The highest BCUT2D eigenvalue weighted by atomic mass is 16.6. The molecular weight excluding hydrogens is 160 g/mol. The zero-order valence-electron chi connectivity index (χ0n) is 7.06. The third kappa shape index (κ3) is 1.86. The number of carboxylic acid groups (broad SMARTS) is 1. The van der Waals surface area contributed by atoms with Crippen LogP contribution in [0.25, 0.3) is 0 Å². The highest BCUT2D eigenvalue weighted by Crippen LogP contribution is 2.24. The van der Waals surface area contributed by atoms with Crippen molar-refractivity contribution in [3.05, 3.63) is 0 Å². The van der Waals surface area contributed by atoms with E-state index < -0.39 is 6.09 Å². The monoisotopic (exact) mass is 174 g/mol. The first-order valence-electron chi connectivity index (χ1n) is 3.96. The first kappa shape index (κ1) is 9.28. The van der Waals surface area contributed by atoms with Crippen LogP contribution in [0.1, 0.15) is 19.3 Å². The summed E-state index contributed by atoms with van der Waals surface area (Å²) in [5.74, 6) is 5.01. The Balaban J connectivity index is 2.41. The van der Waals surface area contributed by atoms with E-state index in [2.05, 4.69) is 4.84 Å². The van der Waals surface area contributed by atoms with E-state index in [0.717, 1.165) is 12.8 Å². The van der Waals surface area contributed by atoms with Gasteiger partial charge in [0.05, 0.1) is 6.10 Å². The molecule has 0 aliphatic heterocycles. The second-order valence-corrected chi connectivity index (χ2v) is 3.12. The van der Waals surface area contributed by atoms with Gasteiger partial charge in [-0.15, -0.1) is 0 Å². The maximum Gasteiger partial charge on any atom is 0.407 e. The third-order valence-corrected chi connectivity index (χ3v) is 2.40. The number of hydrogen-bond donors (Lipinski definition) is 2. The molecule has 1 rings (SSSR count). The number of nitrogens with zero attached hydrogens (tertiary/aromatic N) is 1. The Bertz CT molecular complexity index is 174. The van der Waals surface area contributed by atoms with Crippen LogP contribution in [0, 0.1) is 0 Å². The van der Waals surface area contributed by atoms with E-state index in [1.165, 1.54) is 4.90 Å². The highest BCUT2D eigenvalue weighted by Gasteiger charge is 2.29. The average molecular weight is 174 g/mol. The van der Waals surface area contributed by atoms with E-state index in [4.69, 9.17) is 11.0 Å². The van der Waals surface area contributed by atoms with E-state index in [1.807, 2.05) is 0 Å². The summed E-state index contributed by atoms with van der Waals surface area (Å²) in [7, 11) is 1.58. The van der Waals surface area contributed by atoms with Crippen molar-refractivity contribution < 1.29 is 14.7 Å². The van der Waals surface area contributed by atoms with Crippen LogP contribution in [0.15, 0.2) is 0 Å². The standard InChI is InChI=1S/C7H14N2O3/c1-9(7(10)11)5-2-3-6(4-5)12-8/h5-6H,2-4,8H2,1H3,(H,10,11)/t5-,6-/m1/s1. The summed E-state index contributed by atoms with van der Waals surface area (Å²) in [6.45, 7) is 0. The predicted octanol–water partition coefficient (Wildman–Crippen LogP) is 0.408. The van der Waals surface area contributed by atoms with Gasteiger partial charge in [-0.05, 0) is 19.3 Å². The fourth-order valence-electron chi connectivity index (χ4n) is 1.55. The molecule has 5 heteroatoms. The van der Waals surface area contributed by atoms with E-state index >= 15 is 0 Å². The third-order valence-electron chi connectivity index (χ3n) is 2.40. The molecule has 0 bridgehead atoms. The van der Waals surface area contributed by atoms with Gasteiger partial charge < -0.3 is 14.8 Å². The van der Waals surface area contributed by atoms with Crippen molar-refractivity contribution in [1.29, 1.82) is 0 Å². The Morgan fingerprint density at radius 3 is 2.75 bits per heavy atom. The minimum absolute atomic E-state index is 0.0248. The number of rotatable bonds is 2. The van der Waals surface area contributed by atoms with Crippen molar-refractivity contribution in [3.63, 3.8) is 0 Å². The summed E-state index contributed by atoms with van der Waals surface area (Å²) in [6, 6.07) is 0.0658. The SMILES string of the molecule is CN(C(=O)O)[C@@H]1CC[C@@H](ON)C1. The Morgan fingerprint density at radius 2 is 2.33 bits per heavy atom. The normalized spacial score (nSPS) is 28.8. The van der Waals surface area contributed by atoms with Gasteiger partial charge in [0.2, 0.25) is 0 Å². The van der Waals surface area contributed by atoms with Crippen LogP contribution in [0.3, 0.4) is 0 Å². The van der Waals surface area contributed by atoms with E-state index in [9.17, 15) is 4.79 Å². The van der Waals surface area contributed by atoms with Crippen LogP contribution in [-0.2, 0) is 4.84 Å². The van der Waals surface area contributed by atoms with Gasteiger partial charge in [0.15, 0.2) is 0 Å². The molecule has 0 aromatic rings. The van der Waals surface area contributed by atoms with E-state index in [1.54, 1.807) is 7.05 Å². The molecule has 12 heavy (non-hydrogen) atoms. The van der Waals surface area contributed by atoms with Gasteiger partial charge >= 0.3 is 6.09 Å². The lowest BCUT2D eigenvalue weighted by atomic mass is 10.2. The average Bonchev–Trinajstić information content (AvgIpc) is 2.50. The minimum Gasteiger partial charge on any atom is -0.465 e. The number of nitrogens with two attached hydrogens (primary N) is 1. The molecule has 3 N–H and O–H groups in total. The van der Waals surface area contributed by atoms with Crippen molar-refractivity contribution in [2.24, 2.45) is 5.90 Å². The molecule has 0 radical (unpaired) electrons. The lowest BCUT2D eigenvalue weighted by Gasteiger charge is -2.20. The smallest absolute Gasteiger partial charge is 0.407 e. The van der Waals surface area contributed by atoms with E-state index in [0.29, 0.717) is 6.42 Å². The largest absolute Gasteiger partial charge is 0.465 e. The second kappa shape index (κ2) is 3.73. The zero-order chi connectivity index (χ0) is 9.14. The van der Waals surface area contributed by atoms with Crippen molar-refractivity contribution in [2.45, 2.75) is 31.4 Å². The van der Waals surface area contributed by atoms with Crippen LogP contribution >= 0.6 is 0 Å². The number of hydrogen-bond acceptors (Lipinski definition) is 3. The van der Waals surface area contributed by atoms with Gasteiger partial charge in [-0.25, -0.2) is 10.7 Å². The van der Waals surface area contributed by atoms with Gasteiger partial charge in [-0.2, -0.15) is 0 Å². The van der Waals surface area contributed by atoms with Crippen LogP contribution in [0.2, 0.25) is 0 Å².